The maximum Gasteiger partial charge on any atom is 0.276 e. The van der Waals surface area contributed by atoms with Crippen LogP contribution in [0.1, 0.15) is 49.5 Å². The van der Waals surface area contributed by atoms with Gasteiger partial charge in [-0.2, -0.15) is 5.10 Å². The highest BCUT2D eigenvalue weighted by molar-refractivity contribution is 5.94. The Labute approximate surface area is 165 Å². The van der Waals surface area contributed by atoms with E-state index in [9.17, 15) is 9.59 Å². The predicted molar refractivity (Wildman–Crippen MR) is 109 cm³/mol. The zero-order valence-electron chi connectivity index (χ0n) is 16.6. The van der Waals surface area contributed by atoms with Crippen LogP contribution in [0.2, 0.25) is 0 Å². The van der Waals surface area contributed by atoms with Gasteiger partial charge in [-0.1, -0.05) is 13.3 Å². The minimum atomic E-state index is -0.548. The highest BCUT2D eigenvalue weighted by atomic mass is 16.5. The molecule has 0 radical (unpaired) electrons. The number of carbonyl (C=O) groups is 1. The molecular formula is C21H27N3O4. The van der Waals surface area contributed by atoms with Crippen molar-refractivity contribution in [1.82, 2.24) is 9.99 Å². The molecule has 0 saturated heterocycles. The second kappa shape index (κ2) is 10.9. The molecule has 1 amide bonds. The fourth-order valence-electron chi connectivity index (χ4n) is 2.50. The van der Waals surface area contributed by atoms with Crippen LogP contribution in [0.4, 0.5) is 0 Å². The number of carbonyl (C=O) groups excluding carboxylic acids is 1. The fraction of sp³-hybridized carbons (Fsp3) is 0.381. The third-order valence-corrected chi connectivity index (χ3v) is 4.01. The summed E-state index contributed by atoms with van der Waals surface area (Å²) >= 11 is 0. The Hall–Kier alpha value is -3.09. The molecule has 2 aromatic rings. The lowest BCUT2D eigenvalue weighted by Gasteiger charge is -2.12. The monoisotopic (exact) mass is 385 g/mol. The molecule has 0 aliphatic carbocycles. The number of hydrazone groups is 1. The van der Waals surface area contributed by atoms with E-state index in [1.807, 2.05) is 26.0 Å². The summed E-state index contributed by atoms with van der Waals surface area (Å²) in [6.45, 7) is 7.49. The molecule has 1 aromatic heterocycles. The number of ether oxygens (including phenoxy) is 2. The van der Waals surface area contributed by atoms with Crippen LogP contribution in [0.3, 0.4) is 0 Å². The molecule has 1 N–H and O–H groups in total. The number of nitrogens with zero attached hydrogens (tertiary/aromatic N) is 2. The van der Waals surface area contributed by atoms with Crippen molar-refractivity contribution in [2.75, 3.05) is 13.2 Å². The minimum absolute atomic E-state index is 0.0520. The van der Waals surface area contributed by atoms with Crippen molar-refractivity contribution in [2.24, 2.45) is 5.10 Å². The lowest BCUT2D eigenvalue weighted by atomic mass is 10.2. The molecule has 0 atom stereocenters. The van der Waals surface area contributed by atoms with Gasteiger partial charge in [0, 0.05) is 12.7 Å². The van der Waals surface area contributed by atoms with E-state index in [-0.39, 0.29) is 11.1 Å². The summed E-state index contributed by atoms with van der Waals surface area (Å²) in [6, 6.07) is 8.59. The Balaban J connectivity index is 2.08. The number of aryl methyl sites for hydroxylation is 1. The number of hydrogen-bond donors (Lipinski definition) is 1. The van der Waals surface area contributed by atoms with Crippen molar-refractivity contribution in [2.45, 2.75) is 40.2 Å². The standard InChI is InChI=1S/C21H27N3O4/c1-4-7-13-28-18-11-10-16(14-19(18)27-6-3)15-22-23-20(25)17-9-8-12-24(5-2)21(17)26/h8-12,14-15H,4-7,13H2,1-3H3,(H,23,25)/b22-15-. The van der Waals surface area contributed by atoms with Crippen LogP contribution in [0.5, 0.6) is 11.5 Å². The Bertz CT molecular complexity index is 874. The van der Waals surface area contributed by atoms with Crippen LogP contribution >= 0.6 is 0 Å². The Morgan fingerprint density at radius 1 is 1.18 bits per heavy atom. The summed E-state index contributed by atoms with van der Waals surface area (Å²) < 4.78 is 12.8. The normalized spacial score (nSPS) is 10.8. The second-order valence-electron chi connectivity index (χ2n) is 6.05. The number of unbranched alkanes of at least 4 members (excludes halogenated alkanes) is 1. The minimum Gasteiger partial charge on any atom is -0.490 e. The van der Waals surface area contributed by atoms with Gasteiger partial charge in [-0.05, 0) is 56.2 Å². The van der Waals surface area contributed by atoms with Crippen molar-refractivity contribution >= 4 is 12.1 Å². The van der Waals surface area contributed by atoms with Crippen molar-refractivity contribution in [3.05, 3.63) is 58.0 Å². The third-order valence-electron chi connectivity index (χ3n) is 4.01. The largest absolute Gasteiger partial charge is 0.490 e. The molecule has 28 heavy (non-hydrogen) atoms. The number of benzene rings is 1. The molecule has 0 spiro atoms. The Morgan fingerprint density at radius 2 is 2.00 bits per heavy atom. The number of hydrogen-bond acceptors (Lipinski definition) is 5. The number of aromatic nitrogens is 1. The van der Waals surface area contributed by atoms with Gasteiger partial charge in [0.05, 0.1) is 19.4 Å². The van der Waals surface area contributed by atoms with E-state index in [2.05, 4.69) is 17.5 Å². The SMILES string of the molecule is CCCCOc1ccc(/C=N\NC(=O)c2cccn(CC)c2=O)cc1OCC. The summed E-state index contributed by atoms with van der Waals surface area (Å²) in [6.07, 6.45) is 5.17. The summed E-state index contributed by atoms with van der Waals surface area (Å²) in [4.78, 5) is 24.4. The van der Waals surface area contributed by atoms with E-state index < -0.39 is 5.91 Å². The quantitative estimate of drug-likeness (QED) is 0.387. The lowest BCUT2D eigenvalue weighted by Crippen LogP contribution is -2.30. The van der Waals surface area contributed by atoms with Crippen LogP contribution in [-0.2, 0) is 6.54 Å². The maximum atomic E-state index is 12.2. The number of nitrogens with one attached hydrogen (secondary N) is 1. The maximum absolute atomic E-state index is 12.2. The molecule has 2 rings (SSSR count). The van der Waals surface area contributed by atoms with Gasteiger partial charge < -0.3 is 14.0 Å². The van der Waals surface area contributed by atoms with Gasteiger partial charge in [0.2, 0.25) is 0 Å². The molecule has 0 fully saturated rings. The summed E-state index contributed by atoms with van der Waals surface area (Å²) in [5, 5.41) is 3.95. The van der Waals surface area contributed by atoms with Crippen LogP contribution in [0.15, 0.2) is 46.4 Å². The fourth-order valence-corrected chi connectivity index (χ4v) is 2.50. The zero-order chi connectivity index (χ0) is 20.4. The third kappa shape index (κ3) is 5.70. The first-order valence-corrected chi connectivity index (χ1v) is 9.53. The molecule has 0 aliphatic heterocycles. The second-order valence-corrected chi connectivity index (χ2v) is 6.05. The number of rotatable bonds is 10. The van der Waals surface area contributed by atoms with E-state index in [1.165, 1.54) is 16.8 Å². The van der Waals surface area contributed by atoms with Gasteiger partial charge in [0.1, 0.15) is 5.56 Å². The van der Waals surface area contributed by atoms with Gasteiger partial charge in [-0.3, -0.25) is 9.59 Å². The highest BCUT2D eigenvalue weighted by Gasteiger charge is 2.11. The number of pyridine rings is 1. The van der Waals surface area contributed by atoms with Gasteiger partial charge in [-0.25, -0.2) is 5.43 Å². The summed E-state index contributed by atoms with van der Waals surface area (Å²) in [7, 11) is 0. The highest BCUT2D eigenvalue weighted by Crippen LogP contribution is 2.28. The Morgan fingerprint density at radius 3 is 2.71 bits per heavy atom. The van der Waals surface area contributed by atoms with Gasteiger partial charge in [-0.15, -0.1) is 0 Å². The first kappa shape index (κ1) is 21.2. The molecule has 150 valence electrons. The van der Waals surface area contributed by atoms with Gasteiger partial charge in [0.15, 0.2) is 11.5 Å². The molecule has 7 nitrogen and oxygen atoms in total. The van der Waals surface area contributed by atoms with E-state index in [0.717, 1.165) is 18.4 Å². The van der Waals surface area contributed by atoms with Crippen LogP contribution in [0.25, 0.3) is 0 Å². The van der Waals surface area contributed by atoms with Crippen molar-refractivity contribution in [3.8, 4) is 11.5 Å². The number of amides is 1. The predicted octanol–water partition coefficient (Wildman–Crippen LogP) is 3.21. The first-order chi connectivity index (χ1) is 13.6. The van der Waals surface area contributed by atoms with Crippen LogP contribution < -0.4 is 20.5 Å². The van der Waals surface area contributed by atoms with E-state index in [0.29, 0.717) is 31.3 Å². The zero-order valence-corrected chi connectivity index (χ0v) is 16.6. The Kier molecular flexibility index (Phi) is 8.27. The lowest BCUT2D eigenvalue weighted by molar-refractivity contribution is 0.0953. The topological polar surface area (TPSA) is 81.9 Å². The van der Waals surface area contributed by atoms with Crippen molar-refractivity contribution in [3.63, 3.8) is 0 Å². The molecule has 1 heterocycles. The molecule has 1 aromatic carbocycles. The first-order valence-electron chi connectivity index (χ1n) is 9.53. The van der Waals surface area contributed by atoms with Crippen molar-refractivity contribution < 1.29 is 14.3 Å². The summed E-state index contributed by atoms with van der Waals surface area (Å²) in [5.41, 5.74) is 2.84. The van der Waals surface area contributed by atoms with Gasteiger partial charge >= 0.3 is 0 Å². The van der Waals surface area contributed by atoms with E-state index in [4.69, 9.17) is 9.47 Å². The average Bonchev–Trinajstić information content (AvgIpc) is 2.70. The molecule has 0 aliphatic rings. The van der Waals surface area contributed by atoms with Crippen LogP contribution in [0, 0.1) is 0 Å². The van der Waals surface area contributed by atoms with E-state index in [1.54, 1.807) is 18.3 Å². The van der Waals surface area contributed by atoms with Gasteiger partial charge in [0.25, 0.3) is 11.5 Å². The smallest absolute Gasteiger partial charge is 0.276 e. The average molecular weight is 385 g/mol. The molecule has 0 saturated carbocycles. The summed E-state index contributed by atoms with van der Waals surface area (Å²) in [5.74, 6) is 0.761. The van der Waals surface area contributed by atoms with Crippen LogP contribution in [-0.4, -0.2) is 29.9 Å². The molecule has 0 bridgehead atoms. The van der Waals surface area contributed by atoms with E-state index >= 15 is 0 Å². The molecule has 7 heteroatoms. The van der Waals surface area contributed by atoms with Crippen molar-refractivity contribution in [1.29, 1.82) is 0 Å². The molecule has 0 unspecified atom stereocenters. The molecular weight excluding hydrogens is 358 g/mol.